The minimum absolute atomic E-state index is 0.0226. The second-order valence-electron chi connectivity index (χ2n) is 9.12. The maximum Gasteiger partial charge on any atom is 0.225 e. The summed E-state index contributed by atoms with van der Waals surface area (Å²) in [5, 5.41) is 7.77. The van der Waals surface area contributed by atoms with Crippen molar-refractivity contribution in [2.75, 3.05) is 24.3 Å². The van der Waals surface area contributed by atoms with Gasteiger partial charge in [0.05, 0.1) is 11.6 Å². The third-order valence-corrected chi connectivity index (χ3v) is 6.37. The van der Waals surface area contributed by atoms with Crippen molar-refractivity contribution in [3.05, 3.63) is 59.7 Å². The number of carbonyl (C=O) groups excluding carboxylic acids is 1. The van der Waals surface area contributed by atoms with Crippen molar-refractivity contribution in [1.29, 1.82) is 0 Å². The van der Waals surface area contributed by atoms with Gasteiger partial charge in [0, 0.05) is 31.4 Å². The topological polar surface area (TPSA) is 70.2 Å². The number of carbonyl (C=O) groups is 1. The molecule has 0 spiro atoms. The summed E-state index contributed by atoms with van der Waals surface area (Å²) in [6, 6.07) is 16.7. The number of nitrogens with one attached hydrogen (secondary N) is 2. The predicted molar refractivity (Wildman–Crippen MR) is 131 cm³/mol. The molecule has 1 amide bonds. The number of amides is 1. The van der Waals surface area contributed by atoms with Crippen LogP contribution in [0.15, 0.2) is 48.5 Å². The number of para-hydroxylation sites is 1. The summed E-state index contributed by atoms with van der Waals surface area (Å²) >= 11 is 0. The molecule has 1 aromatic heterocycles. The van der Waals surface area contributed by atoms with Crippen LogP contribution in [0, 0.1) is 12.8 Å². The first-order valence-electron chi connectivity index (χ1n) is 11.5. The summed E-state index contributed by atoms with van der Waals surface area (Å²) < 4.78 is 0. The second-order valence-corrected chi connectivity index (χ2v) is 9.12. The first-order valence-corrected chi connectivity index (χ1v) is 11.5. The first-order chi connectivity index (χ1) is 15.4. The van der Waals surface area contributed by atoms with Crippen LogP contribution in [0.2, 0.25) is 0 Å². The van der Waals surface area contributed by atoms with Crippen molar-refractivity contribution in [1.82, 2.24) is 15.3 Å². The molecular formula is C26H33N5O. The molecule has 2 aromatic carbocycles. The third kappa shape index (κ3) is 5.01. The Hall–Kier alpha value is -3.15. The van der Waals surface area contributed by atoms with E-state index in [1.807, 2.05) is 37.2 Å². The highest BCUT2D eigenvalue weighted by atomic mass is 16.1. The van der Waals surface area contributed by atoms with Crippen molar-refractivity contribution in [3.8, 4) is 0 Å². The number of hydrogen-bond acceptors (Lipinski definition) is 5. The van der Waals surface area contributed by atoms with Gasteiger partial charge in [0.15, 0.2) is 0 Å². The van der Waals surface area contributed by atoms with Gasteiger partial charge in [-0.25, -0.2) is 4.98 Å². The molecular weight excluding hydrogens is 398 g/mol. The molecule has 3 aromatic rings. The van der Waals surface area contributed by atoms with E-state index in [1.165, 1.54) is 5.56 Å². The smallest absolute Gasteiger partial charge is 0.225 e. The van der Waals surface area contributed by atoms with E-state index in [4.69, 9.17) is 9.97 Å². The van der Waals surface area contributed by atoms with Crippen LogP contribution in [-0.2, 0) is 4.79 Å². The largest absolute Gasteiger partial charge is 0.362 e. The Kier molecular flexibility index (Phi) is 6.58. The van der Waals surface area contributed by atoms with E-state index in [1.54, 1.807) is 0 Å². The molecule has 6 nitrogen and oxygen atoms in total. The van der Waals surface area contributed by atoms with E-state index in [0.717, 1.165) is 48.0 Å². The van der Waals surface area contributed by atoms with Crippen LogP contribution in [0.4, 0.5) is 11.8 Å². The second kappa shape index (κ2) is 9.55. The standard InChI is InChI=1S/C26H33N5O/c1-17-9-11-19(12-10-17)18(2)27-25(32)20-13-15-21(16-14-20)28-26-29-23-8-6-5-7-22(23)24(30-26)31(3)4/h5-12,18,20-21H,13-16H2,1-4H3,(H,27,32)(H,28,29,30)/t18-,20-,21+/m0/s1. The first kappa shape index (κ1) is 22.1. The summed E-state index contributed by atoms with van der Waals surface area (Å²) in [5.74, 6) is 1.80. The molecule has 1 heterocycles. The Labute approximate surface area is 190 Å². The number of hydrogen-bond donors (Lipinski definition) is 2. The van der Waals surface area contributed by atoms with Crippen LogP contribution in [0.25, 0.3) is 10.9 Å². The number of anilines is 2. The van der Waals surface area contributed by atoms with Crippen molar-refractivity contribution in [2.24, 2.45) is 5.92 Å². The Balaban J connectivity index is 1.35. The van der Waals surface area contributed by atoms with E-state index >= 15 is 0 Å². The zero-order chi connectivity index (χ0) is 22.7. The SMILES string of the molecule is Cc1ccc([C@H](C)NC(=O)[C@H]2CC[C@@H](Nc3nc(N(C)C)c4ccccc4n3)CC2)cc1. The van der Waals surface area contributed by atoms with E-state index in [9.17, 15) is 4.79 Å². The van der Waals surface area contributed by atoms with E-state index < -0.39 is 0 Å². The molecule has 2 N–H and O–H groups in total. The van der Waals surface area contributed by atoms with Crippen LogP contribution < -0.4 is 15.5 Å². The Morgan fingerprint density at radius 3 is 2.38 bits per heavy atom. The van der Waals surface area contributed by atoms with Gasteiger partial charge in [0.1, 0.15) is 5.82 Å². The molecule has 168 valence electrons. The molecule has 0 aliphatic heterocycles. The number of aromatic nitrogens is 2. The highest BCUT2D eigenvalue weighted by Crippen LogP contribution is 2.29. The van der Waals surface area contributed by atoms with Crippen LogP contribution in [0.3, 0.4) is 0 Å². The highest BCUT2D eigenvalue weighted by molar-refractivity contribution is 5.90. The molecule has 0 saturated heterocycles. The fourth-order valence-electron chi connectivity index (χ4n) is 4.42. The van der Waals surface area contributed by atoms with Crippen molar-refractivity contribution in [3.63, 3.8) is 0 Å². The number of benzene rings is 2. The van der Waals surface area contributed by atoms with Gasteiger partial charge in [0.2, 0.25) is 11.9 Å². The van der Waals surface area contributed by atoms with Crippen LogP contribution >= 0.6 is 0 Å². The minimum atomic E-state index is 0.0226. The summed E-state index contributed by atoms with van der Waals surface area (Å²) in [6.45, 7) is 4.12. The lowest BCUT2D eigenvalue weighted by Crippen LogP contribution is -2.37. The Morgan fingerprint density at radius 1 is 1.00 bits per heavy atom. The Bertz CT molecular complexity index is 1070. The average Bonchev–Trinajstić information content (AvgIpc) is 2.79. The number of nitrogens with zero attached hydrogens (tertiary/aromatic N) is 3. The van der Waals surface area contributed by atoms with Gasteiger partial charge in [0.25, 0.3) is 0 Å². The third-order valence-electron chi connectivity index (χ3n) is 6.37. The average molecular weight is 432 g/mol. The van der Waals surface area contributed by atoms with Crippen LogP contribution in [0.5, 0.6) is 0 Å². The minimum Gasteiger partial charge on any atom is -0.362 e. The van der Waals surface area contributed by atoms with Crippen molar-refractivity contribution in [2.45, 2.75) is 51.6 Å². The Morgan fingerprint density at radius 2 is 1.69 bits per heavy atom. The van der Waals surface area contributed by atoms with Gasteiger partial charge in [-0.15, -0.1) is 0 Å². The number of aryl methyl sites for hydroxylation is 1. The van der Waals surface area contributed by atoms with Gasteiger partial charge < -0.3 is 15.5 Å². The van der Waals surface area contributed by atoms with Crippen molar-refractivity contribution >= 4 is 28.6 Å². The highest BCUT2D eigenvalue weighted by Gasteiger charge is 2.27. The van der Waals surface area contributed by atoms with Crippen LogP contribution in [-0.4, -0.2) is 36.0 Å². The number of rotatable bonds is 6. The van der Waals surface area contributed by atoms with Crippen molar-refractivity contribution < 1.29 is 4.79 Å². The molecule has 1 aliphatic carbocycles. The maximum atomic E-state index is 12.8. The zero-order valence-corrected chi connectivity index (χ0v) is 19.4. The summed E-state index contributed by atoms with van der Waals surface area (Å²) in [6.07, 6.45) is 3.62. The molecule has 0 radical (unpaired) electrons. The lowest BCUT2D eigenvalue weighted by Gasteiger charge is -2.29. The molecule has 0 unspecified atom stereocenters. The molecule has 1 aliphatic rings. The van der Waals surface area contributed by atoms with Gasteiger partial charge in [-0.2, -0.15) is 4.98 Å². The fraction of sp³-hybridized carbons (Fsp3) is 0.423. The van der Waals surface area contributed by atoms with Gasteiger partial charge in [-0.1, -0.05) is 42.0 Å². The zero-order valence-electron chi connectivity index (χ0n) is 19.4. The molecule has 0 bridgehead atoms. The molecule has 1 fully saturated rings. The summed E-state index contributed by atoms with van der Waals surface area (Å²) in [4.78, 5) is 24.3. The maximum absolute atomic E-state index is 12.8. The number of fused-ring (bicyclic) bond motifs is 1. The quantitative estimate of drug-likeness (QED) is 0.584. The molecule has 4 rings (SSSR count). The monoisotopic (exact) mass is 431 g/mol. The molecule has 32 heavy (non-hydrogen) atoms. The molecule has 6 heteroatoms. The van der Waals surface area contributed by atoms with Gasteiger partial charge in [-0.05, 0) is 57.2 Å². The molecule has 1 atom stereocenters. The van der Waals surface area contributed by atoms with Gasteiger partial charge >= 0.3 is 0 Å². The normalized spacial score (nSPS) is 19.4. The summed E-state index contributed by atoms with van der Waals surface area (Å²) in [7, 11) is 4.00. The van der Waals surface area contributed by atoms with E-state index in [-0.39, 0.29) is 23.9 Å². The van der Waals surface area contributed by atoms with E-state index in [0.29, 0.717) is 5.95 Å². The fourth-order valence-corrected chi connectivity index (χ4v) is 4.42. The predicted octanol–water partition coefficient (Wildman–Crippen LogP) is 4.85. The lowest BCUT2D eigenvalue weighted by atomic mass is 9.85. The van der Waals surface area contributed by atoms with E-state index in [2.05, 4.69) is 54.8 Å². The van der Waals surface area contributed by atoms with Gasteiger partial charge in [-0.3, -0.25) is 4.79 Å². The lowest BCUT2D eigenvalue weighted by molar-refractivity contribution is -0.126. The molecule has 1 saturated carbocycles. The summed E-state index contributed by atoms with van der Waals surface area (Å²) in [5.41, 5.74) is 3.31. The van der Waals surface area contributed by atoms with Crippen LogP contribution in [0.1, 0.15) is 49.8 Å².